The molecule has 0 bridgehead atoms. The van der Waals surface area contributed by atoms with Crippen molar-refractivity contribution in [1.82, 2.24) is 25.3 Å². The van der Waals surface area contributed by atoms with Crippen LogP contribution in [0.25, 0.3) is 0 Å². The lowest BCUT2D eigenvalue weighted by molar-refractivity contribution is -0.164. The van der Waals surface area contributed by atoms with Crippen molar-refractivity contribution < 1.29 is 33.1 Å². The number of imide groups is 2. The number of carbonyl (C=O) groups is 5. The molecule has 0 radical (unpaired) electrons. The zero-order valence-electron chi connectivity index (χ0n) is 34.4. The minimum Gasteiger partial charge on any atom is -0.489 e. The molecule has 7 rings (SSSR count). The maximum absolute atomic E-state index is 14.8. The molecule has 0 spiro atoms. The number of anilines is 1. The van der Waals surface area contributed by atoms with Crippen LogP contribution in [0, 0.1) is 28.0 Å². The summed E-state index contributed by atoms with van der Waals surface area (Å²) in [7, 11) is 0. The van der Waals surface area contributed by atoms with Gasteiger partial charge in [-0.1, -0.05) is 51.4 Å². The van der Waals surface area contributed by atoms with Gasteiger partial charge in [-0.25, -0.2) is 4.39 Å². The lowest BCUT2D eigenvalue weighted by Crippen LogP contribution is -2.74. The Morgan fingerprint density at radius 3 is 2.23 bits per heavy atom. The molecule has 1 aliphatic carbocycles. The highest BCUT2D eigenvalue weighted by molar-refractivity contribution is 6.31. The van der Waals surface area contributed by atoms with Crippen LogP contribution in [0.1, 0.15) is 95.6 Å². The normalized spacial score (nSPS) is 22.4. The van der Waals surface area contributed by atoms with Crippen molar-refractivity contribution in [1.29, 1.82) is 5.26 Å². The van der Waals surface area contributed by atoms with Crippen molar-refractivity contribution in [2.75, 3.05) is 51.1 Å². The third-order valence-corrected chi connectivity index (χ3v) is 12.9. The van der Waals surface area contributed by atoms with Crippen molar-refractivity contribution in [2.24, 2.45) is 10.8 Å². The van der Waals surface area contributed by atoms with E-state index in [4.69, 9.17) is 16.3 Å². The molecular weight excluding hydrogens is 789 g/mol. The monoisotopic (exact) mass is 839 g/mol. The lowest BCUT2D eigenvalue weighted by atomic mass is 9.49. The van der Waals surface area contributed by atoms with Crippen molar-refractivity contribution >= 4 is 46.8 Å². The van der Waals surface area contributed by atoms with Gasteiger partial charge in [0, 0.05) is 79.9 Å². The van der Waals surface area contributed by atoms with E-state index in [9.17, 15) is 33.6 Å². The standard InChI is InChI=1S/C45H51ClFN7O6/c1-44(2)42(45(3,4)43(44)60-30-13-12-29(26-48)31(46)25-30)51-38(56)28-10-8-27(9-11-28)7-5-6-19-52-21-23-53(24-22-52)20-18-49-33-15-14-32(47)36-37(33)41(59)54(40(36)58)34-16-17-35(55)50-39(34)57/h8-15,25,34,42-43,49H,5-7,16-24H2,1-4H3,(H,51,56)(H,50,55,57)/t34?,42-,43-. The summed E-state index contributed by atoms with van der Waals surface area (Å²) < 4.78 is 21.2. The smallest absolute Gasteiger partial charge is 0.265 e. The number of piperidine rings is 1. The van der Waals surface area contributed by atoms with E-state index in [-0.39, 0.29) is 52.9 Å². The number of nitriles is 1. The van der Waals surface area contributed by atoms with Gasteiger partial charge < -0.3 is 20.3 Å². The summed E-state index contributed by atoms with van der Waals surface area (Å²) in [5.74, 6) is -3.18. The summed E-state index contributed by atoms with van der Waals surface area (Å²) in [5, 5.41) is 18.2. The molecule has 13 nitrogen and oxygen atoms in total. The molecule has 0 aromatic heterocycles. The number of nitrogens with one attached hydrogen (secondary N) is 3. The molecule has 60 heavy (non-hydrogen) atoms. The largest absolute Gasteiger partial charge is 0.489 e. The molecule has 4 aliphatic rings. The maximum Gasteiger partial charge on any atom is 0.265 e. The van der Waals surface area contributed by atoms with Gasteiger partial charge in [0.05, 0.1) is 21.7 Å². The highest BCUT2D eigenvalue weighted by Crippen LogP contribution is 2.55. The first-order valence-corrected chi connectivity index (χ1v) is 21.0. The average molecular weight is 840 g/mol. The highest BCUT2D eigenvalue weighted by Gasteiger charge is 2.64. The van der Waals surface area contributed by atoms with E-state index in [0.717, 1.165) is 63.0 Å². The van der Waals surface area contributed by atoms with Gasteiger partial charge in [-0.3, -0.25) is 39.1 Å². The molecule has 3 aromatic carbocycles. The number of carbonyl (C=O) groups excluding carboxylic acids is 5. The third-order valence-electron chi connectivity index (χ3n) is 12.6. The van der Waals surface area contributed by atoms with E-state index < -0.39 is 35.5 Å². The molecule has 1 atom stereocenters. The van der Waals surface area contributed by atoms with Gasteiger partial charge in [-0.15, -0.1) is 0 Å². The van der Waals surface area contributed by atoms with E-state index in [0.29, 0.717) is 40.7 Å². The fourth-order valence-electron chi connectivity index (χ4n) is 9.58. The Balaban J connectivity index is 0.808. The second kappa shape index (κ2) is 17.3. The van der Waals surface area contributed by atoms with Crippen LogP contribution in [0.2, 0.25) is 5.02 Å². The number of piperazine rings is 1. The van der Waals surface area contributed by atoms with Crippen LogP contribution in [0.15, 0.2) is 54.6 Å². The number of halogens is 2. The number of nitrogens with zero attached hydrogens (tertiary/aromatic N) is 4. The molecule has 1 saturated carbocycles. The predicted octanol–water partition coefficient (Wildman–Crippen LogP) is 5.42. The van der Waals surface area contributed by atoms with Gasteiger partial charge in [-0.05, 0) is 74.2 Å². The van der Waals surface area contributed by atoms with E-state index in [1.807, 2.05) is 24.3 Å². The first kappa shape index (κ1) is 42.8. The van der Waals surface area contributed by atoms with Crippen molar-refractivity contribution in [3.8, 4) is 11.8 Å². The van der Waals surface area contributed by atoms with Crippen LogP contribution in [-0.4, -0.2) is 108 Å². The number of fused-ring (bicyclic) bond motifs is 1. The molecule has 3 fully saturated rings. The Morgan fingerprint density at radius 1 is 0.917 bits per heavy atom. The second-order valence-electron chi connectivity index (χ2n) is 17.4. The van der Waals surface area contributed by atoms with Crippen molar-refractivity contribution in [3.63, 3.8) is 0 Å². The zero-order chi connectivity index (χ0) is 42.9. The average Bonchev–Trinajstić information content (AvgIpc) is 3.48. The number of aryl methyl sites for hydroxylation is 1. The quantitative estimate of drug-likeness (QED) is 0.141. The van der Waals surface area contributed by atoms with Crippen LogP contribution in [0.5, 0.6) is 5.75 Å². The third kappa shape index (κ3) is 8.48. The number of rotatable bonds is 14. The molecule has 15 heteroatoms. The van der Waals surface area contributed by atoms with Crippen LogP contribution < -0.4 is 20.7 Å². The molecule has 2 saturated heterocycles. The summed E-state index contributed by atoms with van der Waals surface area (Å²) in [6.45, 7) is 14.1. The van der Waals surface area contributed by atoms with E-state index in [1.54, 1.807) is 18.2 Å². The first-order valence-electron chi connectivity index (χ1n) is 20.6. The Bertz CT molecular complexity index is 2220. The number of hydrogen-bond donors (Lipinski definition) is 3. The minimum atomic E-state index is -1.16. The van der Waals surface area contributed by atoms with Gasteiger partial charge in [0.2, 0.25) is 11.8 Å². The summed E-state index contributed by atoms with van der Waals surface area (Å²) in [5.41, 5.74) is 1.39. The molecule has 1 unspecified atom stereocenters. The Labute approximate surface area is 354 Å². The lowest BCUT2D eigenvalue weighted by Gasteiger charge is -2.63. The van der Waals surface area contributed by atoms with Gasteiger partial charge in [0.15, 0.2) is 0 Å². The SMILES string of the molecule is CC1(C)[C@H](NC(=O)c2ccc(CCCCN3CCN(CCNc4ccc(F)c5c4C(=O)N(C4CCC(=O)NC4=O)C5=O)CC3)cc2)C(C)(C)[C@H]1Oc1ccc(C#N)c(Cl)c1. The molecule has 5 amide bonds. The summed E-state index contributed by atoms with van der Waals surface area (Å²) in [6.07, 6.45) is 2.79. The summed E-state index contributed by atoms with van der Waals surface area (Å²) >= 11 is 6.24. The number of hydrogen-bond acceptors (Lipinski definition) is 10. The molecule has 3 aliphatic heterocycles. The van der Waals surface area contributed by atoms with Gasteiger partial charge in [0.25, 0.3) is 17.7 Å². The van der Waals surface area contributed by atoms with Crippen molar-refractivity contribution in [3.05, 3.63) is 93.3 Å². The first-order chi connectivity index (χ1) is 28.6. The number of unbranched alkanes of at least 4 members (excludes halogenated alkanes) is 1. The molecule has 3 heterocycles. The maximum atomic E-state index is 14.8. The summed E-state index contributed by atoms with van der Waals surface area (Å²) in [4.78, 5) is 69.5. The Hall–Kier alpha value is -5.36. The van der Waals surface area contributed by atoms with Crippen LogP contribution in [0.4, 0.5) is 10.1 Å². The van der Waals surface area contributed by atoms with Gasteiger partial charge in [-0.2, -0.15) is 5.26 Å². The number of benzene rings is 3. The van der Waals surface area contributed by atoms with Gasteiger partial charge in [0.1, 0.15) is 29.8 Å². The van der Waals surface area contributed by atoms with Gasteiger partial charge >= 0.3 is 0 Å². The Kier molecular flexibility index (Phi) is 12.3. The summed E-state index contributed by atoms with van der Waals surface area (Å²) in [6, 6.07) is 16.3. The van der Waals surface area contributed by atoms with E-state index in [2.05, 4.69) is 59.5 Å². The minimum absolute atomic E-state index is 0.000918. The number of ether oxygens (including phenoxy) is 1. The molecule has 3 aromatic rings. The fraction of sp³-hybridized carbons (Fsp3) is 0.467. The topological polar surface area (TPSA) is 164 Å². The van der Waals surface area contributed by atoms with E-state index >= 15 is 0 Å². The van der Waals surface area contributed by atoms with Crippen LogP contribution >= 0.6 is 11.6 Å². The van der Waals surface area contributed by atoms with E-state index in [1.165, 1.54) is 11.6 Å². The Morgan fingerprint density at radius 2 is 1.58 bits per heavy atom. The van der Waals surface area contributed by atoms with Crippen LogP contribution in [0.3, 0.4) is 0 Å². The number of amides is 5. The highest BCUT2D eigenvalue weighted by atomic mass is 35.5. The molecular formula is C45H51ClFN7O6. The second-order valence-corrected chi connectivity index (χ2v) is 17.8. The van der Waals surface area contributed by atoms with Crippen molar-refractivity contribution in [2.45, 2.75) is 78.0 Å². The fourth-order valence-corrected chi connectivity index (χ4v) is 9.80. The predicted molar refractivity (Wildman–Crippen MR) is 223 cm³/mol. The molecule has 316 valence electrons. The van der Waals surface area contributed by atoms with Crippen LogP contribution in [-0.2, 0) is 16.0 Å². The zero-order valence-corrected chi connectivity index (χ0v) is 35.2. The molecule has 3 N–H and O–H groups in total.